The Hall–Kier alpha value is -4.77. The molecule has 16 heteroatoms. The predicted octanol–water partition coefficient (Wildman–Crippen LogP) is 5.84. The number of carbonyl (C=O) groups excluding carboxylic acids is 3. The number of aliphatic hydroxyl groups is 1. The fraction of sp³-hybridized carbons (Fsp3) is 0.545. The Morgan fingerprint density at radius 1 is 1.02 bits per heavy atom. The van der Waals surface area contributed by atoms with Gasteiger partial charge >= 0.3 is 0 Å². The lowest BCUT2D eigenvalue weighted by atomic mass is 9.98. The summed E-state index contributed by atoms with van der Waals surface area (Å²) in [5.41, 5.74) is 4.22. The van der Waals surface area contributed by atoms with E-state index in [9.17, 15) is 14.4 Å². The molecule has 0 bridgehead atoms. The molecular weight excluding hydrogens is 779 g/mol. The number of amides is 3. The highest BCUT2D eigenvalue weighted by Gasteiger charge is 2.57. The summed E-state index contributed by atoms with van der Waals surface area (Å²) in [5.74, 6) is 1.67. The van der Waals surface area contributed by atoms with Gasteiger partial charge in [-0.05, 0) is 93.3 Å². The van der Waals surface area contributed by atoms with Crippen LogP contribution in [-0.2, 0) is 26.8 Å². The first-order valence-corrected chi connectivity index (χ1v) is 22.4. The Bertz CT molecular complexity index is 2090. The molecule has 4 aromatic rings. The lowest BCUT2D eigenvalue weighted by Gasteiger charge is -2.39. The van der Waals surface area contributed by atoms with Gasteiger partial charge in [-0.15, -0.1) is 0 Å². The monoisotopic (exact) mass is 839 g/mol. The van der Waals surface area contributed by atoms with Crippen LogP contribution in [0.25, 0.3) is 10.9 Å². The summed E-state index contributed by atoms with van der Waals surface area (Å²) in [6.07, 6.45) is 14.3. The molecule has 2 aromatic heterocycles. The standard InChI is InChI=1S/C29H39N7O2S.C9H10N4O.C6H12O/c1-22(23-7-6-8-25(19-23)39-36-13-4-3-5-14-36)34-15-17-35(18-16-34)24-9-10-26-27(20-24)33(2)32-29(26)31-28(38)11-12-30-21-37;1-10-8-11-4-5-6(13-8)12-7(14)9(5)2-3-9;7-6-4-2-1-3-5-6/h6-10,19-22H,3-5,11-18H2,1-2H3,(H,30,37)(H,31,32,38);4H,2-3H2,1H3,(H2,10,11,12,13,14);6-7H,1-5H2/t22-;;/m1../s1. The SMILES string of the molecule is CNc1ncc2c(n1)NC(=O)C21CC1.C[C@H](c1cccc(SN2CCCCC2)c1)N1CCN(c2ccc3c(NC(=O)CCNC=O)nn(C)c3c2)CC1.OC1CCCCC1. The molecule has 60 heavy (non-hydrogen) atoms. The largest absolute Gasteiger partial charge is 0.393 e. The molecule has 2 saturated heterocycles. The fourth-order valence-corrected chi connectivity index (χ4v) is 9.56. The molecule has 0 unspecified atom stereocenters. The summed E-state index contributed by atoms with van der Waals surface area (Å²) in [6.45, 7) is 8.94. The topological polar surface area (TPSA) is 173 Å². The molecule has 2 saturated carbocycles. The molecule has 2 aliphatic carbocycles. The Kier molecular flexibility index (Phi) is 14.6. The van der Waals surface area contributed by atoms with Crippen molar-refractivity contribution in [3.05, 3.63) is 59.8 Å². The van der Waals surface area contributed by atoms with Crippen LogP contribution in [0, 0.1) is 0 Å². The third-order valence-electron chi connectivity index (χ3n) is 12.3. The maximum atomic E-state index is 12.2. The quantitative estimate of drug-likeness (QED) is 0.0696. The van der Waals surface area contributed by atoms with Crippen LogP contribution in [0.15, 0.2) is 53.6 Å². The van der Waals surface area contributed by atoms with Gasteiger partial charge in [-0.2, -0.15) is 10.1 Å². The second kappa shape index (κ2) is 20.2. The van der Waals surface area contributed by atoms with Crippen LogP contribution in [0.3, 0.4) is 0 Å². The third kappa shape index (κ3) is 10.6. The van der Waals surface area contributed by atoms with Gasteiger partial charge in [0.25, 0.3) is 0 Å². The van der Waals surface area contributed by atoms with Crippen molar-refractivity contribution in [2.45, 2.75) is 100 Å². The molecule has 3 amide bonds. The summed E-state index contributed by atoms with van der Waals surface area (Å²) in [7, 11) is 3.65. The first-order valence-electron chi connectivity index (χ1n) is 21.7. The molecular formula is C44H61N11O4S. The van der Waals surface area contributed by atoms with Crippen molar-refractivity contribution in [1.82, 2.24) is 34.3 Å². The van der Waals surface area contributed by atoms with E-state index < -0.39 is 0 Å². The highest BCUT2D eigenvalue weighted by Crippen LogP contribution is 2.54. The van der Waals surface area contributed by atoms with Gasteiger partial charge in [0, 0.05) is 100 Å². The summed E-state index contributed by atoms with van der Waals surface area (Å²) in [6, 6.07) is 15.8. The molecule has 3 aliphatic heterocycles. The lowest BCUT2D eigenvalue weighted by molar-refractivity contribution is -0.118. The van der Waals surface area contributed by atoms with Crippen LogP contribution in [0.4, 0.5) is 23.3 Å². The van der Waals surface area contributed by atoms with Crippen molar-refractivity contribution in [2.75, 3.05) is 73.7 Å². The van der Waals surface area contributed by atoms with Crippen LogP contribution in [-0.4, -0.2) is 111 Å². The van der Waals surface area contributed by atoms with E-state index >= 15 is 0 Å². The maximum absolute atomic E-state index is 12.2. The van der Waals surface area contributed by atoms with Crippen molar-refractivity contribution in [3.63, 3.8) is 0 Å². The molecule has 5 aliphatic rings. The number of carbonyl (C=O) groups is 3. The lowest BCUT2D eigenvalue weighted by Crippen LogP contribution is -2.47. The van der Waals surface area contributed by atoms with Gasteiger partial charge in [0.15, 0.2) is 5.82 Å². The van der Waals surface area contributed by atoms with E-state index in [-0.39, 0.29) is 29.8 Å². The molecule has 0 radical (unpaired) electrons. The number of anilines is 4. The van der Waals surface area contributed by atoms with Crippen molar-refractivity contribution in [1.29, 1.82) is 0 Å². The van der Waals surface area contributed by atoms with Gasteiger partial charge in [0.05, 0.1) is 17.0 Å². The van der Waals surface area contributed by atoms with Crippen LogP contribution in [0.5, 0.6) is 0 Å². The average molecular weight is 840 g/mol. The minimum Gasteiger partial charge on any atom is -0.393 e. The second-order valence-corrected chi connectivity index (χ2v) is 17.6. The molecule has 2 aromatic carbocycles. The zero-order chi connectivity index (χ0) is 42.1. The van der Waals surface area contributed by atoms with Crippen LogP contribution >= 0.6 is 11.9 Å². The Morgan fingerprint density at radius 2 is 1.77 bits per heavy atom. The van der Waals surface area contributed by atoms with Crippen molar-refractivity contribution in [3.8, 4) is 0 Å². The summed E-state index contributed by atoms with van der Waals surface area (Å²) >= 11 is 1.91. The number of hydrogen-bond acceptors (Lipinski definition) is 12. The van der Waals surface area contributed by atoms with Gasteiger partial charge in [-0.25, -0.2) is 9.29 Å². The van der Waals surface area contributed by atoms with Gasteiger partial charge < -0.3 is 31.3 Å². The Labute approximate surface area is 357 Å². The van der Waals surface area contributed by atoms with E-state index in [1.54, 1.807) is 13.2 Å². The predicted molar refractivity (Wildman–Crippen MR) is 238 cm³/mol. The first kappa shape index (κ1) is 43.3. The van der Waals surface area contributed by atoms with Crippen LogP contribution < -0.4 is 26.2 Å². The fourth-order valence-electron chi connectivity index (χ4n) is 8.49. The minimum atomic E-state index is -0.276. The Morgan fingerprint density at radius 3 is 2.45 bits per heavy atom. The normalized spacial score (nSPS) is 19.3. The zero-order valence-electron chi connectivity index (χ0n) is 35.3. The number of aliphatic hydroxyl groups excluding tert-OH is 1. The molecule has 9 rings (SSSR count). The van der Waals surface area contributed by atoms with Gasteiger partial charge in [0.2, 0.25) is 24.2 Å². The highest BCUT2D eigenvalue weighted by molar-refractivity contribution is 7.97. The molecule has 1 spiro atoms. The number of aryl methyl sites for hydroxylation is 1. The molecule has 5 heterocycles. The van der Waals surface area contributed by atoms with Gasteiger partial charge in [0.1, 0.15) is 5.82 Å². The summed E-state index contributed by atoms with van der Waals surface area (Å²) < 4.78 is 4.32. The number of aromatic nitrogens is 4. The Balaban J connectivity index is 0.000000209. The third-order valence-corrected chi connectivity index (χ3v) is 13.4. The molecule has 15 nitrogen and oxygen atoms in total. The van der Waals surface area contributed by atoms with Gasteiger partial charge in [-0.3, -0.25) is 24.0 Å². The number of benzene rings is 2. The van der Waals surface area contributed by atoms with Crippen molar-refractivity contribution < 1.29 is 19.5 Å². The number of nitrogens with zero attached hydrogens (tertiary/aromatic N) is 7. The molecule has 322 valence electrons. The van der Waals surface area contributed by atoms with E-state index in [1.807, 2.05) is 29.7 Å². The smallest absolute Gasteiger partial charge is 0.236 e. The average Bonchev–Trinajstić information content (AvgIpc) is 3.97. The number of fused-ring (bicyclic) bond motifs is 3. The van der Waals surface area contributed by atoms with Crippen LogP contribution in [0.2, 0.25) is 0 Å². The van der Waals surface area contributed by atoms with E-state index in [1.165, 1.54) is 67.8 Å². The zero-order valence-corrected chi connectivity index (χ0v) is 36.1. The van der Waals surface area contributed by atoms with E-state index in [0.717, 1.165) is 68.3 Å². The molecule has 1 atom stereocenters. The number of piperidine rings is 1. The molecule has 4 fully saturated rings. The number of rotatable bonds is 11. The molecule has 5 N–H and O–H groups in total. The van der Waals surface area contributed by atoms with E-state index in [4.69, 9.17) is 5.11 Å². The number of nitrogens with one attached hydrogen (secondary N) is 4. The number of hydrogen-bond donors (Lipinski definition) is 5. The first-order chi connectivity index (χ1) is 29.2. The van der Waals surface area contributed by atoms with Gasteiger partial charge in [-0.1, -0.05) is 37.8 Å². The summed E-state index contributed by atoms with van der Waals surface area (Å²) in [4.78, 5) is 48.9. The van der Waals surface area contributed by atoms with E-state index in [0.29, 0.717) is 36.6 Å². The van der Waals surface area contributed by atoms with Crippen molar-refractivity contribution >= 4 is 64.3 Å². The summed E-state index contributed by atoms with van der Waals surface area (Å²) in [5, 5.41) is 25.4. The maximum Gasteiger partial charge on any atom is 0.236 e. The van der Waals surface area contributed by atoms with Crippen molar-refractivity contribution in [2.24, 2.45) is 7.05 Å². The second-order valence-electron chi connectivity index (χ2n) is 16.4. The minimum absolute atomic E-state index is 0.0359. The van der Waals surface area contributed by atoms with E-state index in [2.05, 4.69) is 93.8 Å². The highest BCUT2D eigenvalue weighted by atomic mass is 32.2. The van der Waals surface area contributed by atoms with Crippen LogP contribution in [0.1, 0.15) is 94.7 Å². The number of piperazine rings is 1.